The number of nitrogens with one attached hydrogen (secondary N) is 1. The average Bonchev–Trinajstić information content (AvgIpc) is 2.92. The first-order valence-corrected chi connectivity index (χ1v) is 6.24. The van der Waals surface area contributed by atoms with Gasteiger partial charge in [-0.05, 0) is 31.5 Å². The van der Waals surface area contributed by atoms with Gasteiger partial charge in [0.05, 0.1) is 17.8 Å². The van der Waals surface area contributed by atoms with E-state index in [1.165, 1.54) is 0 Å². The molecule has 6 heteroatoms. The van der Waals surface area contributed by atoms with Gasteiger partial charge < -0.3 is 11.1 Å². The van der Waals surface area contributed by atoms with Gasteiger partial charge >= 0.3 is 0 Å². The summed E-state index contributed by atoms with van der Waals surface area (Å²) in [5, 5.41) is 7.12. The summed E-state index contributed by atoms with van der Waals surface area (Å²) in [5.74, 6) is -0.164. The van der Waals surface area contributed by atoms with E-state index in [9.17, 15) is 4.79 Å². The molecule has 20 heavy (non-hydrogen) atoms. The number of carbonyl (C=O) groups is 1. The van der Waals surface area contributed by atoms with Crippen molar-refractivity contribution in [3.05, 3.63) is 48.3 Å². The number of nitrogens with zero attached hydrogens (tertiary/aromatic N) is 2. The van der Waals surface area contributed by atoms with Crippen molar-refractivity contribution in [1.82, 2.24) is 15.1 Å². The molecule has 0 radical (unpaired) electrons. The lowest BCUT2D eigenvalue weighted by Gasteiger charge is -2.19. The third kappa shape index (κ3) is 3.59. The van der Waals surface area contributed by atoms with Crippen LogP contribution >= 0.6 is 12.4 Å². The zero-order valence-corrected chi connectivity index (χ0v) is 12.3. The van der Waals surface area contributed by atoms with Crippen LogP contribution in [-0.2, 0) is 4.79 Å². The van der Waals surface area contributed by atoms with Crippen LogP contribution in [0.5, 0.6) is 0 Å². The maximum Gasteiger partial charge on any atom is 0.237 e. The van der Waals surface area contributed by atoms with E-state index in [1.807, 2.05) is 43.5 Å². The lowest BCUT2D eigenvalue weighted by Crippen LogP contribution is -2.39. The number of benzene rings is 1. The number of hydrogen-bond donors (Lipinski definition) is 2. The molecule has 0 saturated heterocycles. The van der Waals surface area contributed by atoms with E-state index in [0.29, 0.717) is 0 Å². The van der Waals surface area contributed by atoms with Crippen LogP contribution in [0.3, 0.4) is 0 Å². The second kappa shape index (κ2) is 7.07. The molecule has 1 unspecified atom stereocenters. The van der Waals surface area contributed by atoms with Crippen molar-refractivity contribution < 1.29 is 4.79 Å². The van der Waals surface area contributed by atoms with Crippen LogP contribution in [0.4, 0.5) is 0 Å². The summed E-state index contributed by atoms with van der Waals surface area (Å²) in [6.45, 7) is 3.60. The smallest absolute Gasteiger partial charge is 0.237 e. The minimum absolute atomic E-state index is 0. The zero-order valence-electron chi connectivity index (χ0n) is 11.5. The summed E-state index contributed by atoms with van der Waals surface area (Å²) < 4.78 is 1.78. The van der Waals surface area contributed by atoms with Gasteiger partial charge in [0.25, 0.3) is 0 Å². The lowest BCUT2D eigenvalue weighted by molar-refractivity contribution is -0.122. The average molecular weight is 295 g/mol. The normalized spacial score (nSPS) is 13.2. The SMILES string of the molecule is CC(NC(=O)[C@H](C)N)c1ccccc1-n1cccn1.Cl. The van der Waals surface area contributed by atoms with Gasteiger partial charge in [0.1, 0.15) is 0 Å². The Labute approximate surface area is 124 Å². The number of halogens is 1. The van der Waals surface area contributed by atoms with Crippen molar-refractivity contribution in [3.63, 3.8) is 0 Å². The van der Waals surface area contributed by atoms with Gasteiger partial charge in [0.15, 0.2) is 0 Å². The zero-order chi connectivity index (χ0) is 13.8. The van der Waals surface area contributed by atoms with Crippen LogP contribution in [0.15, 0.2) is 42.7 Å². The highest BCUT2D eigenvalue weighted by Gasteiger charge is 2.15. The molecule has 2 atom stereocenters. The van der Waals surface area contributed by atoms with Gasteiger partial charge in [-0.15, -0.1) is 12.4 Å². The summed E-state index contributed by atoms with van der Waals surface area (Å²) in [6.07, 6.45) is 3.60. The highest BCUT2D eigenvalue weighted by Crippen LogP contribution is 2.20. The minimum Gasteiger partial charge on any atom is -0.348 e. The maximum absolute atomic E-state index is 11.7. The van der Waals surface area contributed by atoms with Crippen LogP contribution < -0.4 is 11.1 Å². The molecule has 1 aromatic heterocycles. The first-order valence-electron chi connectivity index (χ1n) is 6.24. The fourth-order valence-corrected chi connectivity index (χ4v) is 1.90. The van der Waals surface area contributed by atoms with Gasteiger partial charge in [-0.25, -0.2) is 4.68 Å². The number of nitrogens with two attached hydrogens (primary N) is 1. The fourth-order valence-electron chi connectivity index (χ4n) is 1.90. The van der Waals surface area contributed by atoms with E-state index < -0.39 is 6.04 Å². The van der Waals surface area contributed by atoms with Crippen LogP contribution in [0.2, 0.25) is 0 Å². The molecular weight excluding hydrogens is 276 g/mol. The second-order valence-electron chi connectivity index (χ2n) is 4.53. The Morgan fingerprint density at radius 2 is 2.00 bits per heavy atom. The Morgan fingerprint density at radius 1 is 1.30 bits per heavy atom. The number of carbonyl (C=O) groups excluding carboxylic acids is 1. The highest BCUT2D eigenvalue weighted by molar-refractivity contribution is 5.85. The van der Waals surface area contributed by atoms with Crippen molar-refractivity contribution in [3.8, 4) is 5.69 Å². The Morgan fingerprint density at radius 3 is 2.60 bits per heavy atom. The Kier molecular flexibility index (Phi) is 5.73. The largest absolute Gasteiger partial charge is 0.348 e. The molecule has 1 aromatic carbocycles. The second-order valence-corrected chi connectivity index (χ2v) is 4.53. The lowest BCUT2D eigenvalue weighted by atomic mass is 10.1. The van der Waals surface area contributed by atoms with E-state index >= 15 is 0 Å². The molecular formula is C14H19ClN4O. The Balaban J connectivity index is 0.00000200. The van der Waals surface area contributed by atoms with Gasteiger partial charge in [0.2, 0.25) is 5.91 Å². The van der Waals surface area contributed by atoms with Crippen molar-refractivity contribution in [2.75, 3.05) is 0 Å². The summed E-state index contributed by atoms with van der Waals surface area (Å²) in [5.41, 5.74) is 7.51. The number of hydrogen-bond acceptors (Lipinski definition) is 3. The van der Waals surface area contributed by atoms with E-state index in [4.69, 9.17) is 5.73 Å². The van der Waals surface area contributed by atoms with E-state index in [1.54, 1.807) is 17.8 Å². The quantitative estimate of drug-likeness (QED) is 0.903. The fraction of sp³-hybridized carbons (Fsp3) is 0.286. The molecule has 3 N–H and O–H groups in total. The summed E-state index contributed by atoms with van der Waals surface area (Å²) in [4.78, 5) is 11.7. The predicted octanol–water partition coefficient (Wildman–Crippen LogP) is 1.82. The van der Waals surface area contributed by atoms with E-state index in [-0.39, 0.29) is 24.4 Å². The molecule has 0 spiro atoms. The van der Waals surface area contributed by atoms with Crippen LogP contribution in [0, 0.1) is 0 Å². The number of aromatic nitrogens is 2. The summed E-state index contributed by atoms with van der Waals surface area (Å²) in [6, 6.07) is 9.05. The van der Waals surface area contributed by atoms with Crippen LogP contribution in [0.1, 0.15) is 25.5 Å². The Bertz CT molecular complexity index is 554. The number of rotatable bonds is 4. The standard InChI is InChI=1S/C14H18N4O.ClH/c1-10(15)14(19)17-11(2)12-6-3-4-7-13(12)18-9-5-8-16-18;/h3-11H,15H2,1-2H3,(H,17,19);1H/t10-,11?;/m0./s1. The predicted molar refractivity (Wildman–Crippen MR) is 81.0 cm³/mol. The third-order valence-corrected chi connectivity index (χ3v) is 2.93. The topological polar surface area (TPSA) is 72.9 Å². The first-order chi connectivity index (χ1) is 9.09. The Hall–Kier alpha value is -1.85. The molecule has 108 valence electrons. The number of amides is 1. The monoisotopic (exact) mass is 294 g/mol. The van der Waals surface area contributed by atoms with Gasteiger partial charge in [-0.2, -0.15) is 5.10 Å². The molecule has 2 aromatic rings. The van der Waals surface area contributed by atoms with Crippen molar-refractivity contribution in [1.29, 1.82) is 0 Å². The minimum atomic E-state index is -0.515. The molecule has 0 bridgehead atoms. The maximum atomic E-state index is 11.7. The van der Waals surface area contributed by atoms with Gasteiger partial charge in [-0.3, -0.25) is 4.79 Å². The molecule has 5 nitrogen and oxygen atoms in total. The molecule has 2 rings (SSSR count). The molecule has 0 aliphatic rings. The molecule has 1 heterocycles. The molecule has 0 aliphatic carbocycles. The molecule has 0 aliphatic heterocycles. The van der Waals surface area contributed by atoms with Crippen LogP contribution in [0.25, 0.3) is 5.69 Å². The summed E-state index contributed by atoms with van der Waals surface area (Å²) in [7, 11) is 0. The van der Waals surface area contributed by atoms with Gasteiger partial charge in [-0.1, -0.05) is 18.2 Å². The molecule has 1 amide bonds. The van der Waals surface area contributed by atoms with Gasteiger partial charge in [0, 0.05) is 12.4 Å². The summed E-state index contributed by atoms with van der Waals surface area (Å²) >= 11 is 0. The number of para-hydroxylation sites is 1. The van der Waals surface area contributed by atoms with Crippen molar-refractivity contribution in [2.24, 2.45) is 5.73 Å². The van der Waals surface area contributed by atoms with Crippen molar-refractivity contribution in [2.45, 2.75) is 25.9 Å². The highest BCUT2D eigenvalue weighted by atomic mass is 35.5. The van der Waals surface area contributed by atoms with E-state index in [2.05, 4.69) is 10.4 Å². The molecule has 0 fully saturated rings. The third-order valence-electron chi connectivity index (χ3n) is 2.93. The van der Waals surface area contributed by atoms with Crippen molar-refractivity contribution >= 4 is 18.3 Å². The van der Waals surface area contributed by atoms with Crippen LogP contribution in [-0.4, -0.2) is 21.7 Å². The molecule has 0 saturated carbocycles. The van der Waals surface area contributed by atoms with E-state index in [0.717, 1.165) is 11.3 Å². The first kappa shape index (κ1) is 16.2.